The van der Waals surface area contributed by atoms with Crippen molar-refractivity contribution in [2.24, 2.45) is 0 Å². The number of hydrogen-bond donors (Lipinski definition) is 1. The molecule has 2 nitrogen and oxygen atoms in total. The van der Waals surface area contributed by atoms with E-state index in [1.807, 2.05) is 0 Å². The molecule has 1 aliphatic heterocycles. The Balaban J connectivity index is 2.59. The van der Waals surface area contributed by atoms with Crippen LogP contribution in [0.4, 0.5) is 0 Å². The van der Waals surface area contributed by atoms with E-state index in [1.54, 1.807) is 0 Å². The standard InChI is InChI=1S/C7H13NO/c1-3-7-6(2)8-4-5-9-7/h8H,3-5H2,1-2H3. The van der Waals surface area contributed by atoms with Gasteiger partial charge in [-0.15, -0.1) is 0 Å². The predicted octanol–water partition coefficient (Wildman–Crippen LogP) is 1.25. The van der Waals surface area contributed by atoms with E-state index < -0.39 is 0 Å². The van der Waals surface area contributed by atoms with E-state index in [-0.39, 0.29) is 0 Å². The second-order valence-corrected chi connectivity index (χ2v) is 2.18. The fourth-order valence-corrected chi connectivity index (χ4v) is 0.987. The maximum atomic E-state index is 5.36. The second kappa shape index (κ2) is 2.76. The Morgan fingerprint density at radius 1 is 1.67 bits per heavy atom. The first-order valence-electron chi connectivity index (χ1n) is 3.41. The SMILES string of the molecule is CCC1=C(C)NCCO1. The summed E-state index contributed by atoms with van der Waals surface area (Å²) in [6.07, 6.45) is 0.999. The van der Waals surface area contributed by atoms with Crippen LogP contribution in [0, 0.1) is 0 Å². The van der Waals surface area contributed by atoms with E-state index in [1.165, 1.54) is 5.70 Å². The van der Waals surface area contributed by atoms with Crippen molar-refractivity contribution in [2.75, 3.05) is 13.2 Å². The molecule has 9 heavy (non-hydrogen) atoms. The molecule has 0 aromatic carbocycles. The molecule has 0 unspecified atom stereocenters. The van der Waals surface area contributed by atoms with Gasteiger partial charge in [0.1, 0.15) is 12.4 Å². The molecule has 52 valence electrons. The first kappa shape index (κ1) is 6.46. The molecule has 1 heterocycles. The number of ether oxygens (including phenoxy) is 1. The fourth-order valence-electron chi connectivity index (χ4n) is 0.987. The second-order valence-electron chi connectivity index (χ2n) is 2.18. The van der Waals surface area contributed by atoms with Gasteiger partial charge in [-0.1, -0.05) is 6.92 Å². The molecule has 0 spiro atoms. The Kier molecular flexibility index (Phi) is 1.98. The summed E-state index contributed by atoms with van der Waals surface area (Å²) in [6, 6.07) is 0. The van der Waals surface area contributed by atoms with Crippen molar-refractivity contribution in [3.8, 4) is 0 Å². The van der Waals surface area contributed by atoms with Crippen LogP contribution in [0.3, 0.4) is 0 Å². The Labute approximate surface area is 55.9 Å². The molecule has 0 amide bonds. The van der Waals surface area contributed by atoms with Gasteiger partial charge in [-0.3, -0.25) is 0 Å². The zero-order valence-electron chi connectivity index (χ0n) is 6.03. The maximum absolute atomic E-state index is 5.36. The third-order valence-corrected chi connectivity index (χ3v) is 1.51. The predicted molar refractivity (Wildman–Crippen MR) is 36.9 cm³/mol. The van der Waals surface area contributed by atoms with Gasteiger partial charge in [-0.2, -0.15) is 0 Å². The summed E-state index contributed by atoms with van der Waals surface area (Å²) in [6.45, 7) is 5.93. The van der Waals surface area contributed by atoms with Gasteiger partial charge >= 0.3 is 0 Å². The van der Waals surface area contributed by atoms with Gasteiger partial charge in [0.05, 0.1) is 0 Å². The minimum atomic E-state index is 0.820. The summed E-state index contributed by atoms with van der Waals surface area (Å²) in [5, 5.41) is 3.24. The van der Waals surface area contributed by atoms with Gasteiger partial charge in [-0.05, 0) is 6.92 Å². The Hall–Kier alpha value is -0.660. The Bertz CT molecular complexity index is 129. The van der Waals surface area contributed by atoms with E-state index in [4.69, 9.17) is 4.74 Å². The highest BCUT2D eigenvalue weighted by Crippen LogP contribution is 2.10. The van der Waals surface area contributed by atoms with E-state index in [2.05, 4.69) is 19.2 Å². The van der Waals surface area contributed by atoms with Crippen molar-refractivity contribution >= 4 is 0 Å². The molecule has 1 aliphatic rings. The third-order valence-electron chi connectivity index (χ3n) is 1.51. The molecule has 1 rings (SSSR count). The summed E-state index contributed by atoms with van der Waals surface area (Å²) >= 11 is 0. The molecule has 2 heteroatoms. The molecule has 0 saturated heterocycles. The highest BCUT2D eigenvalue weighted by Gasteiger charge is 2.05. The van der Waals surface area contributed by atoms with Gasteiger partial charge in [0.25, 0.3) is 0 Å². The molecule has 1 N–H and O–H groups in total. The highest BCUT2D eigenvalue weighted by molar-refractivity contribution is 5.05. The monoisotopic (exact) mass is 127 g/mol. The molecule has 0 saturated carbocycles. The molecule has 0 aromatic rings. The lowest BCUT2D eigenvalue weighted by atomic mass is 10.3. The zero-order chi connectivity index (χ0) is 6.69. The number of rotatable bonds is 1. The van der Waals surface area contributed by atoms with Gasteiger partial charge in [0.15, 0.2) is 0 Å². The van der Waals surface area contributed by atoms with E-state index in [0.717, 1.165) is 25.3 Å². The molecule has 0 aliphatic carbocycles. The lowest BCUT2D eigenvalue weighted by Gasteiger charge is -2.19. The van der Waals surface area contributed by atoms with Crippen LogP contribution in [0.25, 0.3) is 0 Å². The minimum Gasteiger partial charge on any atom is -0.494 e. The van der Waals surface area contributed by atoms with Crippen LogP contribution < -0.4 is 5.32 Å². The van der Waals surface area contributed by atoms with Gasteiger partial charge in [-0.25, -0.2) is 0 Å². The average Bonchev–Trinajstić information content (AvgIpc) is 1.89. The van der Waals surface area contributed by atoms with Crippen molar-refractivity contribution in [1.82, 2.24) is 5.32 Å². The van der Waals surface area contributed by atoms with Crippen molar-refractivity contribution in [3.63, 3.8) is 0 Å². The van der Waals surface area contributed by atoms with Crippen molar-refractivity contribution in [3.05, 3.63) is 11.5 Å². The van der Waals surface area contributed by atoms with Crippen LogP contribution in [0.5, 0.6) is 0 Å². The van der Waals surface area contributed by atoms with Crippen LogP contribution >= 0.6 is 0 Å². The number of allylic oxidation sites excluding steroid dienone is 2. The van der Waals surface area contributed by atoms with Crippen molar-refractivity contribution in [2.45, 2.75) is 20.3 Å². The summed E-state index contributed by atoms with van der Waals surface area (Å²) in [5.74, 6) is 1.11. The summed E-state index contributed by atoms with van der Waals surface area (Å²) < 4.78 is 5.36. The maximum Gasteiger partial charge on any atom is 0.114 e. The van der Waals surface area contributed by atoms with Gasteiger partial charge < -0.3 is 10.1 Å². The summed E-state index contributed by atoms with van der Waals surface area (Å²) in [5.41, 5.74) is 1.20. The van der Waals surface area contributed by atoms with E-state index >= 15 is 0 Å². The van der Waals surface area contributed by atoms with Crippen LogP contribution in [-0.4, -0.2) is 13.2 Å². The van der Waals surface area contributed by atoms with Crippen LogP contribution in [0.15, 0.2) is 11.5 Å². The summed E-state index contributed by atoms with van der Waals surface area (Å²) in [4.78, 5) is 0. The van der Waals surface area contributed by atoms with Crippen LogP contribution in [0.1, 0.15) is 20.3 Å². The lowest BCUT2D eigenvalue weighted by molar-refractivity contribution is 0.184. The van der Waals surface area contributed by atoms with Crippen molar-refractivity contribution in [1.29, 1.82) is 0 Å². The Morgan fingerprint density at radius 2 is 2.44 bits per heavy atom. The van der Waals surface area contributed by atoms with E-state index in [0.29, 0.717) is 0 Å². The number of hydrogen-bond acceptors (Lipinski definition) is 2. The molecule has 0 radical (unpaired) electrons. The third kappa shape index (κ3) is 1.37. The first-order chi connectivity index (χ1) is 4.34. The molecule has 0 atom stereocenters. The number of nitrogens with one attached hydrogen (secondary N) is 1. The highest BCUT2D eigenvalue weighted by atomic mass is 16.5. The van der Waals surface area contributed by atoms with Gasteiger partial charge in [0.2, 0.25) is 0 Å². The first-order valence-corrected chi connectivity index (χ1v) is 3.41. The van der Waals surface area contributed by atoms with Crippen LogP contribution in [0.2, 0.25) is 0 Å². The fraction of sp³-hybridized carbons (Fsp3) is 0.714. The van der Waals surface area contributed by atoms with Crippen LogP contribution in [-0.2, 0) is 4.74 Å². The zero-order valence-corrected chi connectivity index (χ0v) is 6.03. The Morgan fingerprint density at radius 3 is 2.89 bits per heavy atom. The smallest absolute Gasteiger partial charge is 0.114 e. The van der Waals surface area contributed by atoms with Crippen molar-refractivity contribution < 1.29 is 4.74 Å². The van der Waals surface area contributed by atoms with E-state index in [9.17, 15) is 0 Å². The topological polar surface area (TPSA) is 21.3 Å². The van der Waals surface area contributed by atoms with Gasteiger partial charge in [0, 0.05) is 18.7 Å². The molecule has 0 bridgehead atoms. The average molecular weight is 127 g/mol. The molecular weight excluding hydrogens is 114 g/mol. The molecular formula is C7H13NO. The minimum absolute atomic E-state index is 0.820. The molecule has 0 fully saturated rings. The summed E-state index contributed by atoms with van der Waals surface area (Å²) in [7, 11) is 0. The molecule has 0 aromatic heterocycles. The normalized spacial score (nSPS) is 18.9. The quantitative estimate of drug-likeness (QED) is 0.572. The lowest BCUT2D eigenvalue weighted by Crippen LogP contribution is -2.24. The largest absolute Gasteiger partial charge is 0.494 e.